The monoisotopic (exact) mass is 398 g/mol. The number of rotatable bonds is 6. The van der Waals surface area contributed by atoms with Crippen LogP contribution in [-0.4, -0.2) is 15.9 Å². The molecule has 150 valence electrons. The van der Waals surface area contributed by atoms with E-state index < -0.39 is 0 Å². The van der Waals surface area contributed by atoms with Gasteiger partial charge in [-0.2, -0.15) is 0 Å². The summed E-state index contributed by atoms with van der Waals surface area (Å²) in [5.41, 5.74) is 3.46. The summed E-state index contributed by atoms with van der Waals surface area (Å²) in [6.07, 6.45) is 1.71. The summed E-state index contributed by atoms with van der Waals surface area (Å²) in [6, 6.07) is 20.9. The third kappa shape index (κ3) is 4.72. The molecule has 4 aromatic rings. The molecular formula is C24H22N4O2. The second kappa shape index (κ2) is 8.61. The number of nitrogens with zero attached hydrogens (tertiary/aromatic N) is 2. The van der Waals surface area contributed by atoms with Gasteiger partial charge in [0, 0.05) is 23.0 Å². The maximum Gasteiger partial charge on any atom is 0.251 e. The van der Waals surface area contributed by atoms with E-state index in [1.807, 2.05) is 62.4 Å². The zero-order chi connectivity index (χ0) is 20.9. The molecular weight excluding hydrogens is 376 g/mol. The fourth-order valence-corrected chi connectivity index (χ4v) is 3.01. The molecule has 2 aromatic heterocycles. The van der Waals surface area contributed by atoms with Gasteiger partial charge in [0.05, 0.1) is 6.54 Å². The van der Waals surface area contributed by atoms with Gasteiger partial charge in [0.25, 0.3) is 5.91 Å². The molecule has 0 bridgehead atoms. The fraction of sp³-hybridized carbons (Fsp3) is 0.125. The fourth-order valence-electron chi connectivity index (χ4n) is 3.01. The Morgan fingerprint density at radius 2 is 1.83 bits per heavy atom. The van der Waals surface area contributed by atoms with E-state index in [1.165, 1.54) is 5.56 Å². The molecule has 0 aliphatic rings. The van der Waals surface area contributed by atoms with E-state index >= 15 is 0 Å². The van der Waals surface area contributed by atoms with E-state index in [9.17, 15) is 4.79 Å². The molecule has 1 amide bonds. The first-order valence-electron chi connectivity index (χ1n) is 9.67. The van der Waals surface area contributed by atoms with Gasteiger partial charge in [0.2, 0.25) is 0 Å². The molecule has 0 radical (unpaired) electrons. The van der Waals surface area contributed by atoms with Crippen molar-refractivity contribution in [3.8, 4) is 11.4 Å². The van der Waals surface area contributed by atoms with Crippen molar-refractivity contribution in [2.45, 2.75) is 20.4 Å². The number of carbonyl (C=O) groups is 1. The minimum absolute atomic E-state index is 0.171. The topological polar surface area (TPSA) is 80.0 Å². The lowest BCUT2D eigenvalue weighted by molar-refractivity contribution is 0.0948. The SMILES string of the molecule is Cc1ccc(-c2nccc(Nc3cccc(C(=O)NCc4ccc(C)o4)c3)n2)cc1. The number of amides is 1. The van der Waals surface area contributed by atoms with Gasteiger partial charge in [-0.25, -0.2) is 9.97 Å². The van der Waals surface area contributed by atoms with Crippen molar-refractivity contribution in [1.82, 2.24) is 15.3 Å². The van der Waals surface area contributed by atoms with E-state index in [1.54, 1.807) is 24.4 Å². The molecule has 0 aliphatic heterocycles. The van der Waals surface area contributed by atoms with Crippen LogP contribution in [0.4, 0.5) is 11.5 Å². The molecule has 2 aromatic carbocycles. The van der Waals surface area contributed by atoms with E-state index in [2.05, 4.69) is 20.6 Å². The zero-order valence-corrected chi connectivity index (χ0v) is 16.8. The summed E-state index contributed by atoms with van der Waals surface area (Å²) in [5, 5.41) is 6.12. The Bertz CT molecular complexity index is 1170. The predicted octanol–water partition coefficient (Wildman–Crippen LogP) is 5.03. The van der Waals surface area contributed by atoms with Crippen molar-refractivity contribution >= 4 is 17.4 Å². The summed E-state index contributed by atoms with van der Waals surface area (Å²) in [5.74, 6) is 2.67. The van der Waals surface area contributed by atoms with Crippen LogP contribution in [0.15, 0.2) is 77.3 Å². The van der Waals surface area contributed by atoms with Crippen LogP contribution in [0.1, 0.15) is 27.4 Å². The molecule has 0 saturated heterocycles. The number of furan rings is 1. The molecule has 0 atom stereocenters. The van der Waals surface area contributed by atoms with Crippen LogP contribution in [0.3, 0.4) is 0 Å². The zero-order valence-electron chi connectivity index (χ0n) is 16.8. The predicted molar refractivity (Wildman–Crippen MR) is 117 cm³/mol. The number of hydrogen-bond acceptors (Lipinski definition) is 5. The number of benzene rings is 2. The molecule has 2 heterocycles. The van der Waals surface area contributed by atoms with E-state index in [-0.39, 0.29) is 5.91 Å². The molecule has 0 fully saturated rings. The quantitative estimate of drug-likeness (QED) is 0.476. The minimum atomic E-state index is -0.171. The van der Waals surface area contributed by atoms with E-state index in [4.69, 9.17) is 4.42 Å². The Labute approximate surface area is 175 Å². The van der Waals surface area contributed by atoms with Gasteiger partial charge >= 0.3 is 0 Å². The maximum atomic E-state index is 12.5. The highest BCUT2D eigenvalue weighted by molar-refractivity contribution is 5.95. The molecule has 0 aliphatic carbocycles. The smallest absolute Gasteiger partial charge is 0.251 e. The van der Waals surface area contributed by atoms with Crippen LogP contribution in [0.25, 0.3) is 11.4 Å². The molecule has 30 heavy (non-hydrogen) atoms. The molecule has 0 unspecified atom stereocenters. The molecule has 6 heteroatoms. The summed E-state index contributed by atoms with van der Waals surface area (Å²) in [4.78, 5) is 21.4. The Hall–Kier alpha value is -3.93. The molecule has 2 N–H and O–H groups in total. The third-order valence-corrected chi connectivity index (χ3v) is 4.58. The van der Waals surface area contributed by atoms with Crippen molar-refractivity contribution in [3.05, 3.63) is 95.6 Å². The van der Waals surface area contributed by atoms with Gasteiger partial charge in [0.15, 0.2) is 5.82 Å². The van der Waals surface area contributed by atoms with Crippen LogP contribution >= 0.6 is 0 Å². The highest BCUT2D eigenvalue weighted by atomic mass is 16.3. The number of carbonyl (C=O) groups excluding carboxylic acids is 1. The lowest BCUT2D eigenvalue weighted by Crippen LogP contribution is -2.22. The van der Waals surface area contributed by atoms with Gasteiger partial charge in [-0.05, 0) is 50.2 Å². The number of nitrogens with one attached hydrogen (secondary N) is 2. The second-order valence-electron chi connectivity index (χ2n) is 7.03. The van der Waals surface area contributed by atoms with Gasteiger partial charge in [-0.15, -0.1) is 0 Å². The Kier molecular flexibility index (Phi) is 5.57. The normalized spacial score (nSPS) is 10.6. The van der Waals surface area contributed by atoms with Gasteiger partial charge in [-0.1, -0.05) is 35.9 Å². The standard InChI is InChI=1S/C24H22N4O2/c1-16-6-9-18(10-7-16)23-25-13-12-22(28-23)27-20-5-3-4-19(14-20)24(29)26-15-21-11-8-17(2)30-21/h3-14H,15H2,1-2H3,(H,26,29)(H,25,27,28). The van der Waals surface area contributed by atoms with Crippen molar-refractivity contribution < 1.29 is 9.21 Å². The van der Waals surface area contributed by atoms with Crippen molar-refractivity contribution in [2.75, 3.05) is 5.32 Å². The van der Waals surface area contributed by atoms with Gasteiger partial charge < -0.3 is 15.1 Å². The number of aromatic nitrogens is 2. The number of anilines is 2. The largest absolute Gasteiger partial charge is 0.465 e. The highest BCUT2D eigenvalue weighted by Gasteiger charge is 2.09. The number of hydrogen-bond donors (Lipinski definition) is 2. The Morgan fingerprint density at radius 3 is 2.60 bits per heavy atom. The van der Waals surface area contributed by atoms with Crippen LogP contribution in [0.2, 0.25) is 0 Å². The molecule has 4 rings (SSSR count). The lowest BCUT2D eigenvalue weighted by atomic mass is 10.1. The van der Waals surface area contributed by atoms with E-state index in [0.29, 0.717) is 23.8 Å². The van der Waals surface area contributed by atoms with Crippen molar-refractivity contribution in [2.24, 2.45) is 0 Å². The molecule has 0 saturated carbocycles. The maximum absolute atomic E-state index is 12.5. The average molecular weight is 398 g/mol. The first-order chi connectivity index (χ1) is 14.6. The lowest BCUT2D eigenvalue weighted by Gasteiger charge is -2.09. The summed E-state index contributed by atoms with van der Waals surface area (Å²) in [7, 11) is 0. The van der Waals surface area contributed by atoms with Crippen LogP contribution in [-0.2, 0) is 6.54 Å². The van der Waals surface area contributed by atoms with Crippen LogP contribution in [0, 0.1) is 13.8 Å². The Morgan fingerprint density at radius 1 is 1.00 bits per heavy atom. The van der Waals surface area contributed by atoms with Gasteiger partial charge in [-0.3, -0.25) is 4.79 Å². The summed E-state index contributed by atoms with van der Waals surface area (Å²) in [6.45, 7) is 4.26. The number of aryl methyl sites for hydroxylation is 2. The van der Waals surface area contributed by atoms with Crippen molar-refractivity contribution in [3.63, 3.8) is 0 Å². The van der Waals surface area contributed by atoms with Crippen LogP contribution in [0.5, 0.6) is 0 Å². The minimum Gasteiger partial charge on any atom is -0.465 e. The first kappa shape index (κ1) is 19.4. The second-order valence-corrected chi connectivity index (χ2v) is 7.03. The van der Waals surface area contributed by atoms with Gasteiger partial charge in [0.1, 0.15) is 17.3 Å². The highest BCUT2D eigenvalue weighted by Crippen LogP contribution is 2.20. The summed E-state index contributed by atoms with van der Waals surface area (Å²) < 4.78 is 5.49. The first-order valence-corrected chi connectivity index (χ1v) is 9.67. The third-order valence-electron chi connectivity index (χ3n) is 4.58. The van der Waals surface area contributed by atoms with Crippen molar-refractivity contribution in [1.29, 1.82) is 0 Å². The summed E-state index contributed by atoms with van der Waals surface area (Å²) >= 11 is 0. The Balaban J connectivity index is 1.46. The average Bonchev–Trinajstić information content (AvgIpc) is 3.18. The molecule has 6 nitrogen and oxygen atoms in total. The van der Waals surface area contributed by atoms with Crippen LogP contribution < -0.4 is 10.6 Å². The van der Waals surface area contributed by atoms with E-state index in [0.717, 1.165) is 22.8 Å². The molecule has 0 spiro atoms.